The van der Waals surface area contributed by atoms with Crippen LogP contribution in [0.15, 0.2) is 6.20 Å². The summed E-state index contributed by atoms with van der Waals surface area (Å²) >= 11 is 0. The van der Waals surface area contributed by atoms with Gasteiger partial charge >= 0.3 is 0 Å². The molecule has 1 amide bonds. The Morgan fingerprint density at radius 2 is 2.05 bits per heavy atom. The molecule has 106 valence electrons. The fourth-order valence-corrected chi connectivity index (χ4v) is 2.58. The van der Waals surface area contributed by atoms with Crippen LogP contribution in [0.3, 0.4) is 0 Å². The third kappa shape index (κ3) is 4.31. The van der Waals surface area contributed by atoms with Crippen molar-refractivity contribution in [3.05, 3.63) is 11.9 Å². The van der Waals surface area contributed by atoms with Gasteiger partial charge in [0.2, 0.25) is 0 Å². The summed E-state index contributed by atoms with van der Waals surface area (Å²) in [5.74, 6) is -0.173. The van der Waals surface area contributed by atoms with Gasteiger partial charge in [-0.1, -0.05) is 12.8 Å². The van der Waals surface area contributed by atoms with E-state index in [-0.39, 0.29) is 11.4 Å². The number of aromatic amines is 1. The molecular formula is C13H23N5O. The average Bonchev–Trinajstić information content (AvgIpc) is 2.76. The maximum Gasteiger partial charge on any atom is 0.273 e. The Kier molecular flexibility index (Phi) is 4.52. The average molecular weight is 265 g/mol. The molecule has 1 aromatic heterocycles. The Hall–Kier alpha value is -1.43. The van der Waals surface area contributed by atoms with Gasteiger partial charge in [0.1, 0.15) is 0 Å². The standard InChI is InChI=1S/C13H23N5O/c1-13(2,10-18-7-5-3-4-6-8-18)15-12(19)11-9-14-17-16-11/h9H,3-8,10H2,1-2H3,(H,15,19)(H,14,16,17). The second-order valence-corrected chi connectivity index (χ2v) is 5.88. The molecule has 2 N–H and O–H groups in total. The number of nitrogens with one attached hydrogen (secondary N) is 2. The molecule has 1 aromatic rings. The minimum absolute atomic E-state index is 0.173. The molecule has 0 atom stereocenters. The predicted molar refractivity (Wildman–Crippen MR) is 72.8 cm³/mol. The number of hydrogen-bond donors (Lipinski definition) is 2. The summed E-state index contributed by atoms with van der Waals surface area (Å²) in [7, 11) is 0. The second kappa shape index (κ2) is 6.14. The van der Waals surface area contributed by atoms with Gasteiger partial charge in [0.25, 0.3) is 5.91 Å². The Balaban J connectivity index is 1.88. The molecule has 0 unspecified atom stereocenters. The molecule has 6 nitrogen and oxygen atoms in total. The lowest BCUT2D eigenvalue weighted by atomic mass is 10.0. The third-order valence-corrected chi connectivity index (χ3v) is 3.42. The quantitative estimate of drug-likeness (QED) is 0.857. The van der Waals surface area contributed by atoms with Crippen LogP contribution in [0.4, 0.5) is 0 Å². The summed E-state index contributed by atoms with van der Waals surface area (Å²) in [4.78, 5) is 14.4. The van der Waals surface area contributed by atoms with Crippen LogP contribution >= 0.6 is 0 Å². The van der Waals surface area contributed by atoms with Gasteiger partial charge in [-0.3, -0.25) is 4.79 Å². The van der Waals surface area contributed by atoms with Crippen molar-refractivity contribution in [2.75, 3.05) is 19.6 Å². The van der Waals surface area contributed by atoms with Crippen molar-refractivity contribution in [1.82, 2.24) is 25.6 Å². The van der Waals surface area contributed by atoms with Crippen LogP contribution in [0.5, 0.6) is 0 Å². The van der Waals surface area contributed by atoms with Crippen molar-refractivity contribution in [1.29, 1.82) is 0 Å². The van der Waals surface area contributed by atoms with Crippen LogP contribution in [0.1, 0.15) is 50.0 Å². The number of nitrogens with zero attached hydrogens (tertiary/aromatic N) is 3. The number of rotatable bonds is 4. The monoisotopic (exact) mass is 265 g/mol. The summed E-state index contributed by atoms with van der Waals surface area (Å²) < 4.78 is 0. The van der Waals surface area contributed by atoms with E-state index in [9.17, 15) is 4.79 Å². The normalized spacial score (nSPS) is 18.0. The van der Waals surface area contributed by atoms with Crippen molar-refractivity contribution >= 4 is 5.91 Å². The molecule has 0 saturated carbocycles. The van der Waals surface area contributed by atoms with Crippen molar-refractivity contribution in [3.8, 4) is 0 Å². The fourth-order valence-electron chi connectivity index (χ4n) is 2.58. The number of H-pyrrole nitrogens is 1. The molecular weight excluding hydrogens is 242 g/mol. The molecule has 2 heterocycles. The van der Waals surface area contributed by atoms with Gasteiger partial charge in [0.15, 0.2) is 5.69 Å². The second-order valence-electron chi connectivity index (χ2n) is 5.88. The van der Waals surface area contributed by atoms with E-state index in [1.165, 1.54) is 31.9 Å². The lowest BCUT2D eigenvalue weighted by Crippen LogP contribution is -2.51. The SMILES string of the molecule is CC(C)(CN1CCCCCC1)NC(=O)c1cn[nH]n1. The van der Waals surface area contributed by atoms with E-state index in [2.05, 4.69) is 39.5 Å². The van der Waals surface area contributed by atoms with Gasteiger partial charge in [-0.25, -0.2) is 0 Å². The van der Waals surface area contributed by atoms with E-state index in [0.29, 0.717) is 5.69 Å². The van der Waals surface area contributed by atoms with Crippen LogP contribution in [-0.2, 0) is 0 Å². The predicted octanol–water partition coefficient (Wildman–Crippen LogP) is 1.19. The largest absolute Gasteiger partial charge is 0.344 e. The zero-order valence-electron chi connectivity index (χ0n) is 11.8. The fraction of sp³-hybridized carbons (Fsp3) is 0.769. The molecule has 1 aliphatic rings. The first-order chi connectivity index (χ1) is 9.07. The van der Waals surface area contributed by atoms with E-state index >= 15 is 0 Å². The summed E-state index contributed by atoms with van der Waals surface area (Å²) in [6, 6.07) is 0. The summed E-state index contributed by atoms with van der Waals surface area (Å²) in [6.07, 6.45) is 6.60. The zero-order chi connectivity index (χ0) is 13.7. The third-order valence-electron chi connectivity index (χ3n) is 3.42. The highest BCUT2D eigenvalue weighted by atomic mass is 16.2. The molecule has 19 heavy (non-hydrogen) atoms. The van der Waals surface area contributed by atoms with E-state index in [4.69, 9.17) is 0 Å². The van der Waals surface area contributed by atoms with E-state index in [0.717, 1.165) is 19.6 Å². The Morgan fingerprint density at radius 1 is 1.37 bits per heavy atom. The first-order valence-corrected chi connectivity index (χ1v) is 6.97. The van der Waals surface area contributed by atoms with Crippen LogP contribution in [0.25, 0.3) is 0 Å². The van der Waals surface area contributed by atoms with Crippen molar-refractivity contribution in [3.63, 3.8) is 0 Å². The summed E-state index contributed by atoms with van der Waals surface area (Å²) in [5, 5.41) is 12.9. The summed E-state index contributed by atoms with van der Waals surface area (Å²) in [6.45, 7) is 7.23. The number of amides is 1. The van der Waals surface area contributed by atoms with Gasteiger partial charge in [0.05, 0.1) is 6.20 Å². The molecule has 0 bridgehead atoms. The van der Waals surface area contributed by atoms with Crippen molar-refractivity contribution in [2.24, 2.45) is 0 Å². The molecule has 1 fully saturated rings. The van der Waals surface area contributed by atoms with E-state index < -0.39 is 0 Å². The van der Waals surface area contributed by atoms with Gasteiger partial charge in [-0.2, -0.15) is 15.4 Å². The minimum Gasteiger partial charge on any atom is -0.344 e. The topological polar surface area (TPSA) is 73.9 Å². The number of aromatic nitrogens is 3. The van der Waals surface area contributed by atoms with Crippen LogP contribution in [-0.4, -0.2) is 51.4 Å². The van der Waals surface area contributed by atoms with Crippen LogP contribution < -0.4 is 5.32 Å². The maximum absolute atomic E-state index is 12.0. The molecule has 2 rings (SSSR count). The molecule has 6 heteroatoms. The number of carbonyl (C=O) groups excluding carboxylic acids is 1. The lowest BCUT2D eigenvalue weighted by molar-refractivity contribution is 0.0882. The zero-order valence-corrected chi connectivity index (χ0v) is 11.8. The number of carbonyl (C=O) groups is 1. The van der Waals surface area contributed by atoms with Gasteiger partial charge < -0.3 is 10.2 Å². The molecule has 0 aliphatic carbocycles. The van der Waals surface area contributed by atoms with E-state index in [1.54, 1.807) is 0 Å². The van der Waals surface area contributed by atoms with E-state index in [1.807, 2.05) is 0 Å². The minimum atomic E-state index is -0.264. The maximum atomic E-state index is 12.0. The number of likely N-dealkylation sites (tertiary alicyclic amines) is 1. The van der Waals surface area contributed by atoms with Crippen LogP contribution in [0.2, 0.25) is 0 Å². The van der Waals surface area contributed by atoms with Gasteiger partial charge in [0, 0.05) is 12.1 Å². The molecule has 0 spiro atoms. The Bertz CT molecular complexity index is 393. The highest BCUT2D eigenvalue weighted by Crippen LogP contribution is 2.13. The lowest BCUT2D eigenvalue weighted by Gasteiger charge is -2.32. The van der Waals surface area contributed by atoms with Crippen molar-refractivity contribution in [2.45, 2.75) is 45.1 Å². The first-order valence-electron chi connectivity index (χ1n) is 6.97. The highest BCUT2D eigenvalue weighted by molar-refractivity contribution is 5.92. The van der Waals surface area contributed by atoms with Crippen LogP contribution in [0, 0.1) is 0 Å². The van der Waals surface area contributed by atoms with Gasteiger partial charge in [-0.05, 0) is 39.8 Å². The molecule has 1 saturated heterocycles. The highest BCUT2D eigenvalue weighted by Gasteiger charge is 2.25. The number of hydrogen-bond acceptors (Lipinski definition) is 4. The smallest absolute Gasteiger partial charge is 0.273 e. The Labute approximate surface area is 113 Å². The summed E-state index contributed by atoms with van der Waals surface area (Å²) in [5.41, 5.74) is 0.0735. The first kappa shape index (κ1) is 14.0. The molecule has 1 aliphatic heterocycles. The molecule has 0 radical (unpaired) electrons. The van der Waals surface area contributed by atoms with Gasteiger partial charge in [-0.15, -0.1) is 0 Å². The van der Waals surface area contributed by atoms with Crippen molar-refractivity contribution < 1.29 is 4.79 Å². The Morgan fingerprint density at radius 3 is 2.63 bits per heavy atom. The molecule has 0 aromatic carbocycles.